The van der Waals surface area contributed by atoms with Crippen LogP contribution in [-0.4, -0.2) is 42.6 Å². The van der Waals surface area contributed by atoms with Crippen LogP contribution in [0.5, 0.6) is 0 Å². The van der Waals surface area contributed by atoms with Crippen LogP contribution in [0.3, 0.4) is 0 Å². The Hall–Kier alpha value is 0.110. The van der Waals surface area contributed by atoms with Crippen LogP contribution in [0.2, 0.25) is 0 Å². The predicted octanol–water partition coefficient (Wildman–Crippen LogP) is 2.42. The largest absolute Gasteiger partial charge is 0.345 e. The zero-order chi connectivity index (χ0) is 11.4. The molecule has 4 nitrogen and oxygen atoms in total. The van der Waals surface area contributed by atoms with Gasteiger partial charge in [-0.15, -0.1) is 0 Å². The van der Waals surface area contributed by atoms with Gasteiger partial charge in [-0.25, -0.2) is 9.34 Å². The molecule has 0 aromatic heterocycles. The van der Waals surface area contributed by atoms with E-state index in [1.807, 2.05) is 32.4 Å². The second-order valence-electron chi connectivity index (χ2n) is 3.63. The quantitative estimate of drug-likeness (QED) is 0.646. The molecule has 0 N–H and O–H groups in total. The minimum atomic E-state index is -2.79. The Morgan fingerprint density at radius 2 is 1.64 bits per heavy atom. The highest BCUT2D eigenvalue weighted by molar-refractivity contribution is 7.53. The zero-order valence-corrected chi connectivity index (χ0v) is 11.0. The number of rotatable bonds is 6. The Bertz CT molecular complexity index is 203. The van der Waals surface area contributed by atoms with Gasteiger partial charge in [0.05, 0.1) is 6.10 Å². The number of hydrogen-bond donors (Lipinski definition) is 0. The summed E-state index contributed by atoms with van der Waals surface area (Å²) in [5, 5.41) is 0. The van der Waals surface area contributed by atoms with Gasteiger partial charge >= 0.3 is 7.67 Å². The molecule has 0 aromatic carbocycles. The molecule has 0 bridgehead atoms. The van der Waals surface area contributed by atoms with Crippen LogP contribution in [0, 0.1) is 0 Å². The molecule has 1 unspecified atom stereocenters. The van der Waals surface area contributed by atoms with Crippen molar-refractivity contribution in [1.29, 1.82) is 0 Å². The SMILES string of the molecule is CCN(CC)P(=O)(OC(C)C)N(C)C. The lowest BCUT2D eigenvalue weighted by atomic mass is 10.5. The van der Waals surface area contributed by atoms with Gasteiger partial charge in [0.25, 0.3) is 0 Å². The Morgan fingerprint density at radius 3 is 1.86 bits per heavy atom. The normalized spacial score (nSPS) is 16.6. The molecule has 0 saturated heterocycles. The molecule has 0 aliphatic carbocycles. The van der Waals surface area contributed by atoms with E-state index in [-0.39, 0.29) is 6.10 Å². The minimum absolute atomic E-state index is 0.0242. The highest BCUT2D eigenvalue weighted by Gasteiger charge is 2.33. The molecule has 86 valence electrons. The van der Waals surface area contributed by atoms with Gasteiger partial charge in [0, 0.05) is 13.1 Å². The van der Waals surface area contributed by atoms with E-state index < -0.39 is 7.67 Å². The molecule has 0 fully saturated rings. The van der Waals surface area contributed by atoms with Gasteiger partial charge in [0.15, 0.2) is 0 Å². The summed E-state index contributed by atoms with van der Waals surface area (Å²) in [6, 6.07) is 0. The third kappa shape index (κ3) is 3.35. The van der Waals surface area contributed by atoms with E-state index in [9.17, 15) is 4.57 Å². The van der Waals surface area contributed by atoms with E-state index in [0.29, 0.717) is 0 Å². The Kier molecular flexibility index (Phi) is 5.91. The Labute approximate surface area is 87.8 Å². The Balaban J connectivity index is 4.79. The van der Waals surface area contributed by atoms with E-state index in [1.165, 1.54) is 0 Å². The van der Waals surface area contributed by atoms with Gasteiger partial charge in [0.2, 0.25) is 0 Å². The minimum Gasteiger partial charge on any atom is -0.303 e. The van der Waals surface area contributed by atoms with Gasteiger partial charge in [-0.1, -0.05) is 13.8 Å². The summed E-state index contributed by atoms with van der Waals surface area (Å²) in [6.45, 7) is 9.25. The maximum atomic E-state index is 12.5. The number of hydrogen-bond acceptors (Lipinski definition) is 2. The van der Waals surface area contributed by atoms with E-state index in [2.05, 4.69) is 0 Å². The second-order valence-corrected chi connectivity index (χ2v) is 6.19. The lowest BCUT2D eigenvalue weighted by Crippen LogP contribution is -2.30. The van der Waals surface area contributed by atoms with Crippen LogP contribution in [0.15, 0.2) is 0 Å². The predicted molar refractivity (Wildman–Crippen MR) is 60.4 cm³/mol. The van der Waals surface area contributed by atoms with Crippen molar-refractivity contribution >= 4 is 7.67 Å². The molecule has 0 heterocycles. The van der Waals surface area contributed by atoms with Crippen molar-refractivity contribution in [1.82, 2.24) is 9.34 Å². The first-order valence-electron chi connectivity index (χ1n) is 5.10. The van der Waals surface area contributed by atoms with E-state index in [1.54, 1.807) is 18.8 Å². The van der Waals surface area contributed by atoms with Crippen molar-refractivity contribution in [3.05, 3.63) is 0 Å². The maximum absolute atomic E-state index is 12.5. The summed E-state index contributed by atoms with van der Waals surface area (Å²) < 4.78 is 21.6. The summed E-state index contributed by atoms with van der Waals surface area (Å²) in [7, 11) is 0.795. The third-order valence-electron chi connectivity index (χ3n) is 1.94. The lowest BCUT2D eigenvalue weighted by Gasteiger charge is -2.34. The van der Waals surface area contributed by atoms with Gasteiger partial charge in [-0.3, -0.25) is 4.57 Å². The molecule has 0 radical (unpaired) electrons. The molecule has 0 amide bonds. The molecule has 0 aromatic rings. The second kappa shape index (κ2) is 5.86. The standard InChI is InChI=1S/C9H23N2O2P/c1-7-11(8-2)14(12,10(5)6)13-9(3)4/h9H,7-8H2,1-6H3. The molecule has 0 rings (SSSR count). The molecule has 0 saturated carbocycles. The molecular formula is C9H23N2O2P. The molecule has 5 heteroatoms. The van der Waals surface area contributed by atoms with Crippen molar-refractivity contribution < 1.29 is 9.09 Å². The summed E-state index contributed by atoms with van der Waals surface area (Å²) in [4.78, 5) is 0. The van der Waals surface area contributed by atoms with Crippen LogP contribution in [0.25, 0.3) is 0 Å². The van der Waals surface area contributed by atoms with E-state index >= 15 is 0 Å². The first-order valence-corrected chi connectivity index (χ1v) is 6.63. The monoisotopic (exact) mass is 222 g/mol. The Morgan fingerprint density at radius 1 is 1.21 bits per heavy atom. The van der Waals surface area contributed by atoms with Crippen molar-refractivity contribution in [2.45, 2.75) is 33.8 Å². The lowest BCUT2D eigenvalue weighted by molar-refractivity contribution is 0.184. The zero-order valence-electron chi connectivity index (χ0n) is 10.1. The first-order chi connectivity index (χ1) is 6.38. The molecule has 0 spiro atoms. The first kappa shape index (κ1) is 14.1. The summed E-state index contributed by atoms with van der Waals surface area (Å²) in [5.74, 6) is 0. The van der Waals surface area contributed by atoms with Crippen LogP contribution in [0.4, 0.5) is 0 Å². The van der Waals surface area contributed by atoms with Crippen LogP contribution < -0.4 is 0 Å². The van der Waals surface area contributed by atoms with Crippen LogP contribution >= 0.6 is 7.67 Å². The average molecular weight is 222 g/mol. The highest BCUT2D eigenvalue weighted by Crippen LogP contribution is 2.53. The molecule has 14 heavy (non-hydrogen) atoms. The van der Waals surface area contributed by atoms with Crippen molar-refractivity contribution in [2.75, 3.05) is 27.2 Å². The fourth-order valence-corrected chi connectivity index (χ4v) is 3.36. The average Bonchev–Trinajstić information content (AvgIpc) is 2.04. The number of nitrogens with zero attached hydrogens (tertiary/aromatic N) is 2. The molecule has 1 atom stereocenters. The summed E-state index contributed by atoms with van der Waals surface area (Å²) in [5.41, 5.74) is 0. The van der Waals surface area contributed by atoms with E-state index in [4.69, 9.17) is 4.52 Å². The fourth-order valence-electron chi connectivity index (χ4n) is 1.27. The fraction of sp³-hybridized carbons (Fsp3) is 1.00. The summed E-state index contributed by atoms with van der Waals surface area (Å²) >= 11 is 0. The molecule has 0 aliphatic rings. The third-order valence-corrected chi connectivity index (χ3v) is 4.93. The highest BCUT2D eigenvalue weighted by atomic mass is 31.2. The van der Waals surface area contributed by atoms with Gasteiger partial charge < -0.3 is 4.52 Å². The maximum Gasteiger partial charge on any atom is 0.345 e. The van der Waals surface area contributed by atoms with Gasteiger partial charge in [0.1, 0.15) is 0 Å². The van der Waals surface area contributed by atoms with Crippen LogP contribution in [-0.2, 0) is 9.09 Å². The van der Waals surface area contributed by atoms with Gasteiger partial charge in [-0.2, -0.15) is 0 Å². The van der Waals surface area contributed by atoms with Crippen molar-refractivity contribution in [3.63, 3.8) is 0 Å². The topological polar surface area (TPSA) is 32.8 Å². The van der Waals surface area contributed by atoms with Crippen molar-refractivity contribution in [3.8, 4) is 0 Å². The van der Waals surface area contributed by atoms with Crippen molar-refractivity contribution in [2.24, 2.45) is 0 Å². The molecule has 0 aliphatic heterocycles. The van der Waals surface area contributed by atoms with E-state index in [0.717, 1.165) is 13.1 Å². The smallest absolute Gasteiger partial charge is 0.303 e. The molecular weight excluding hydrogens is 199 g/mol. The summed E-state index contributed by atoms with van der Waals surface area (Å²) in [6.07, 6.45) is -0.0242. The van der Waals surface area contributed by atoms with Gasteiger partial charge in [-0.05, 0) is 27.9 Å². The van der Waals surface area contributed by atoms with Crippen LogP contribution in [0.1, 0.15) is 27.7 Å².